The minimum absolute atomic E-state index is 0.330. The van der Waals surface area contributed by atoms with Gasteiger partial charge in [0.25, 0.3) is 0 Å². The van der Waals surface area contributed by atoms with Crippen LogP contribution in [0.25, 0.3) is 0 Å². The normalized spacial score (nSPS) is 26.5. The summed E-state index contributed by atoms with van der Waals surface area (Å²) in [5.41, 5.74) is 0.330. The van der Waals surface area contributed by atoms with Crippen molar-refractivity contribution in [2.45, 2.75) is 59.5 Å². The molecule has 1 fully saturated rings. The molecule has 1 heterocycles. The molecule has 0 aromatic rings. The van der Waals surface area contributed by atoms with Gasteiger partial charge >= 0.3 is 0 Å². The molecule has 0 amide bonds. The van der Waals surface area contributed by atoms with Gasteiger partial charge in [-0.25, -0.2) is 0 Å². The fourth-order valence-corrected chi connectivity index (χ4v) is 2.85. The summed E-state index contributed by atoms with van der Waals surface area (Å²) in [6.07, 6.45) is 2.54. The average Bonchev–Trinajstić information content (AvgIpc) is 2.28. The molecule has 2 unspecified atom stereocenters. The number of rotatable bonds is 6. The summed E-state index contributed by atoms with van der Waals surface area (Å²) in [6.45, 7) is 16.4. The van der Waals surface area contributed by atoms with Gasteiger partial charge in [0.05, 0.1) is 6.61 Å². The Kier molecular flexibility index (Phi) is 6.61. The molecule has 1 N–H and O–H groups in total. The molecule has 0 radical (unpaired) electrons. The standard InChI is InChI=1S/C15H32N2O/c1-6-8-13-12-17(9-10-18-7-2)14(11-16-13)15(3,4)5/h13-14,16H,6-12H2,1-5H3. The van der Waals surface area contributed by atoms with Gasteiger partial charge in [0.2, 0.25) is 0 Å². The second-order valence-corrected chi connectivity index (χ2v) is 6.47. The maximum absolute atomic E-state index is 5.53. The summed E-state index contributed by atoms with van der Waals surface area (Å²) >= 11 is 0. The molecule has 1 aliphatic rings. The van der Waals surface area contributed by atoms with Crippen LogP contribution in [-0.4, -0.2) is 49.8 Å². The molecule has 3 nitrogen and oxygen atoms in total. The molecule has 0 saturated carbocycles. The first-order valence-corrected chi connectivity index (χ1v) is 7.54. The zero-order chi connectivity index (χ0) is 13.6. The van der Waals surface area contributed by atoms with E-state index in [4.69, 9.17) is 4.74 Å². The zero-order valence-corrected chi connectivity index (χ0v) is 13.0. The van der Waals surface area contributed by atoms with Crippen LogP contribution < -0.4 is 5.32 Å². The number of hydrogen-bond acceptors (Lipinski definition) is 3. The summed E-state index contributed by atoms with van der Waals surface area (Å²) in [4.78, 5) is 2.63. The Labute approximate surface area is 113 Å². The minimum Gasteiger partial charge on any atom is -0.380 e. The van der Waals surface area contributed by atoms with Gasteiger partial charge < -0.3 is 10.1 Å². The molecule has 18 heavy (non-hydrogen) atoms. The van der Waals surface area contributed by atoms with Crippen LogP contribution in [0.15, 0.2) is 0 Å². The Bertz CT molecular complexity index is 225. The molecule has 0 aromatic heterocycles. The van der Waals surface area contributed by atoms with Gasteiger partial charge in [-0.05, 0) is 18.8 Å². The van der Waals surface area contributed by atoms with E-state index in [0.29, 0.717) is 17.5 Å². The van der Waals surface area contributed by atoms with E-state index in [1.54, 1.807) is 0 Å². The summed E-state index contributed by atoms with van der Waals surface area (Å²) in [5, 5.41) is 3.71. The van der Waals surface area contributed by atoms with Crippen LogP contribution in [0.2, 0.25) is 0 Å². The Hall–Kier alpha value is -0.120. The lowest BCUT2D eigenvalue weighted by Gasteiger charge is -2.46. The molecule has 3 heteroatoms. The van der Waals surface area contributed by atoms with Crippen molar-refractivity contribution in [3.8, 4) is 0 Å². The smallest absolute Gasteiger partial charge is 0.0593 e. The molecular formula is C15H32N2O. The molecule has 1 aliphatic heterocycles. The van der Waals surface area contributed by atoms with E-state index < -0.39 is 0 Å². The van der Waals surface area contributed by atoms with Crippen LogP contribution in [0, 0.1) is 5.41 Å². The van der Waals surface area contributed by atoms with Gasteiger partial charge in [-0.2, -0.15) is 0 Å². The van der Waals surface area contributed by atoms with Crippen molar-refractivity contribution >= 4 is 0 Å². The van der Waals surface area contributed by atoms with Crippen molar-refractivity contribution in [2.75, 3.05) is 32.8 Å². The molecular weight excluding hydrogens is 224 g/mol. The van der Waals surface area contributed by atoms with Crippen molar-refractivity contribution in [1.82, 2.24) is 10.2 Å². The van der Waals surface area contributed by atoms with Crippen molar-refractivity contribution in [3.63, 3.8) is 0 Å². The highest BCUT2D eigenvalue weighted by Crippen LogP contribution is 2.26. The second-order valence-electron chi connectivity index (χ2n) is 6.47. The molecule has 0 aliphatic carbocycles. The topological polar surface area (TPSA) is 24.5 Å². The molecule has 1 rings (SSSR count). The number of nitrogens with one attached hydrogen (secondary N) is 1. The molecule has 0 spiro atoms. The van der Waals surface area contributed by atoms with Crippen LogP contribution in [0.5, 0.6) is 0 Å². The van der Waals surface area contributed by atoms with Crippen LogP contribution in [-0.2, 0) is 4.74 Å². The zero-order valence-electron chi connectivity index (χ0n) is 13.0. The number of piperazine rings is 1. The Morgan fingerprint density at radius 3 is 2.56 bits per heavy atom. The molecule has 108 valence electrons. The summed E-state index contributed by atoms with van der Waals surface area (Å²) < 4.78 is 5.53. The predicted molar refractivity (Wildman–Crippen MR) is 78.0 cm³/mol. The quantitative estimate of drug-likeness (QED) is 0.739. The maximum Gasteiger partial charge on any atom is 0.0593 e. The third kappa shape index (κ3) is 4.87. The third-order valence-electron chi connectivity index (χ3n) is 3.86. The largest absolute Gasteiger partial charge is 0.380 e. The average molecular weight is 256 g/mol. The fourth-order valence-electron chi connectivity index (χ4n) is 2.85. The highest BCUT2D eigenvalue weighted by atomic mass is 16.5. The second kappa shape index (κ2) is 7.46. The SMILES string of the molecule is CCCC1CN(CCOCC)C(C(C)(C)C)CN1. The van der Waals surface area contributed by atoms with Gasteiger partial charge in [-0.1, -0.05) is 34.1 Å². The maximum atomic E-state index is 5.53. The van der Waals surface area contributed by atoms with E-state index in [1.807, 2.05) is 0 Å². The van der Waals surface area contributed by atoms with E-state index in [9.17, 15) is 0 Å². The highest BCUT2D eigenvalue weighted by Gasteiger charge is 2.34. The van der Waals surface area contributed by atoms with E-state index in [2.05, 4.69) is 44.8 Å². The van der Waals surface area contributed by atoms with E-state index >= 15 is 0 Å². The van der Waals surface area contributed by atoms with Crippen molar-refractivity contribution in [1.29, 1.82) is 0 Å². The lowest BCUT2D eigenvalue weighted by Crippen LogP contribution is -2.61. The van der Waals surface area contributed by atoms with Crippen LogP contribution >= 0.6 is 0 Å². The highest BCUT2D eigenvalue weighted by molar-refractivity contribution is 4.92. The van der Waals surface area contributed by atoms with Crippen molar-refractivity contribution < 1.29 is 4.74 Å². The molecule has 1 saturated heterocycles. The first kappa shape index (κ1) is 15.9. The van der Waals surface area contributed by atoms with Crippen LogP contribution in [0.1, 0.15) is 47.5 Å². The van der Waals surface area contributed by atoms with Gasteiger partial charge in [0.1, 0.15) is 0 Å². The van der Waals surface area contributed by atoms with Gasteiger partial charge in [-0.15, -0.1) is 0 Å². The molecule has 2 atom stereocenters. The first-order chi connectivity index (χ1) is 8.49. The summed E-state index contributed by atoms with van der Waals surface area (Å²) in [6, 6.07) is 1.28. The Morgan fingerprint density at radius 1 is 1.28 bits per heavy atom. The Balaban J connectivity index is 2.55. The van der Waals surface area contributed by atoms with Gasteiger partial charge in [0, 0.05) is 38.3 Å². The first-order valence-electron chi connectivity index (χ1n) is 7.54. The van der Waals surface area contributed by atoms with Crippen molar-refractivity contribution in [3.05, 3.63) is 0 Å². The monoisotopic (exact) mass is 256 g/mol. The predicted octanol–water partition coefficient (Wildman–Crippen LogP) is 2.51. The van der Waals surface area contributed by atoms with Gasteiger partial charge in [-0.3, -0.25) is 4.90 Å². The minimum atomic E-state index is 0.330. The van der Waals surface area contributed by atoms with E-state index in [-0.39, 0.29) is 0 Å². The number of hydrogen-bond donors (Lipinski definition) is 1. The summed E-state index contributed by atoms with van der Waals surface area (Å²) in [5.74, 6) is 0. The summed E-state index contributed by atoms with van der Waals surface area (Å²) in [7, 11) is 0. The van der Waals surface area contributed by atoms with Crippen LogP contribution in [0.3, 0.4) is 0 Å². The molecule has 0 aromatic carbocycles. The third-order valence-corrected chi connectivity index (χ3v) is 3.86. The fraction of sp³-hybridized carbons (Fsp3) is 1.00. The van der Waals surface area contributed by atoms with Gasteiger partial charge in [0.15, 0.2) is 0 Å². The van der Waals surface area contributed by atoms with E-state index in [1.165, 1.54) is 19.4 Å². The lowest BCUT2D eigenvalue weighted by atomic mass is 9.83. The van der Waals surface area contributed by atoms with Crippen LogP contribution in [0.4, 0.5) is 0 Å². The van der Waals surface area contributed by atoms with E-state index in [0.717, 1.165) is 26.3 Å². The number of ether oxygens (including phenoxy) is 1. The number of nitrogens with zero attached hydrogens (tertiary/aromatic N) is 1. The molecule has 0 bridgehead atoms. The lowest BCUT2D eigenvalue weighted by molar-refractivity contribution is 0.0259. The van der Waals surface area contributed by atoms with Crippen molar-refractivity contribution in [2.24, 2.45) is 5.41 Å². The Morgan fingerprint density at radius 2 is 2.00 bits per heavy atom.